The third-order valence-electron chi connectivity index (χ3n) is 3.26. The molecule has 0 saturated carbocycles. The molecule has 0 saturated heterocycles. The lowest BCUT2D eigenvalue weighted by atomic mass is 10.2. The van der Waals surface area contributed by atoms with E-state index in [1.54, 1.807) is 18.4 Å². The Morgan fingerprint density at radius 1 is 1.24 bits per heavy atom. The van der Waals surface area contributed by atoms with Crippen LogP contribution in [0.2, 0.25) is 0 Å². The van der Waals surface area contributed by atoms with Gasteiger partial charge in [-0.2, -0.15) is 0 Å². The fraction of sp³-hybridized carbons (Fsp3) is 0.438. The molecule has 1 heterocycles. The molecular weight excluding hydrogens is 284 g/mol. The van der Waals surface area contributed by atoms with Crippen molar-refractivity contribution in [3.8, 4) is 11.5 Å². The number of aromatic nitrogens is 1. The molecular formula is C16H22N2O2S. The highest BCUT2D eigenvalue weighted by molar-refractivity contribution is 7.11. The van der Waals surface area contributed by atoms with Crippen molar-refractivity contribution in [1.29, 1.82) is 0 Å². The predicted molar refractivity (Wildman–Crippen MR) is 86.0 cm³/mol. The van der Waals surface area contributed by atoms with Crippen LogP contribution in [0, 0.1) is 0 Å². The second-order valence-corrected chi connectivity index (χ2v) is 6.07. The van der Waals surface area contributed by atoms with Gasteiger partial charge in [0.15, 0.2) is 0 Å². The number of rotatable bonds is 8. The van der Waals surface area contributed by atoms with Crippen molar-refractivity contribution in [2.75, 3.05) is 7.11 Å². The SMILES string of the molecule is CCC(C)NCc1cnc(COc2ccc(OC)cc2)s1. The topological polar surface area (TPSA) is 43.4 Å². The van der Waals surface area contributed by atoms with E-state index in [1.165, 1.54) is 4.88 Å². The smallest absolute Gasteiger partial charge is 0.140 e. The summed E-state index contributed by atoms with van der Waals surface area (Å²) in [6.07, 6.45) is 3.05. The van der Waals surface area contributed by atoms with Gasteiger partial charge >= 0.3 is 0 Å². The molecule has 1 aromatic carbocycles. The number of ether oxygens (including phenoxy) is 2. The van der Waals surface area contributed by atoms with Gasteiger partial charge in [0.25, 0.3) is 0 Å². The largest absolute Gasteiger partial charge is 0.497 e. The average Bonchev–Trinajstić information content (AvgIpc) is 2.99. The summed E-state index contributed by atoms with van der Waals surface area (Å²) in [6.45, 7) is 5.74. The van der Waals surface area contributed by atoms with E-state index in [0.717, 1.165) is 29.5 Å². The molecule has 0 spiro atoms. The van der Waals surface area contributed by atoms with E-state index in [-0.39, 0.29) is 0 Å². The summed E-state index contributed by atoms with van der Waals surface area (Å²) in [6, 6.07) is 8.11. The lowest BCUT2D eigenvalue weighted by molar-refractivity contribution is 0.305. The van der Waals surface area contributed by atoms with Gasteiger partial charge in [0.1, 0.15) is 23.1 Å². The number of nitrogens with one attached hydrogen (secondary N) is 1. The van der Waals surface area contributed by atoms with Crippen LogP contribution in [-0.4, -0.2) is 18.1 Å². The van der Waals surface area contributed by atoms with E-state index in [2.05, 4.69) is 24.1 Å². The molecule has 0 bridgehead atoms. The molecule has 114 valence electrons. The Labute approximate surface area is 130 Å². The van der Waals surface area contributed by atoms with Crippen molar-refractivity contribution >= 4 is 11.3 Å². The van der Waals surface area contributed by atoms with E-state index in [9.17, 15) is 0 Å². The van der Waals surface area contributed by atoms with Gasteiger partial charge in [-0.25, -0.2) is 4.98 Å². The molecule has 1 aromatic heterocycles. The molecule has 0 aliphatic heterocycles. The Bertz CT molecular complexity index is 539. The van der Waals surface area contributed by atoms with E-state index < -0.39 is 0 Å². The van der Waals surface area contributed by atoms with Gasteiger partial charge in [0.2, 0.25) is 0 Å². The summed E-state index contributed by atoms with van der Waals surface area (Å²) >= 11 is 1.69. The van der Waals surface area contributed by atoms with E-state index in [4.69, 9.17) is 9.47 Å². The van der Waals surface area contributed by atoms with Crippen LogP contribution in [-0.2, 0) is 13.2 Å². The number of benzene rings is 1. The van der Waals surface area contributed by atoms with Gasteiger partial charge in [-0.05, 0) is 37.6 Å². The highest BCUT2D eigenvalue weighted by Gasteiger charge is 2.05. The van der Waals surface area contributed by atoms with E-state index >= 15 is 0 Å². The maximum absolute atomic E-state index is 5.72. The second-order valence-electron chi connectivity index (χ2n) is 4.87. The Hall–Kier alpha value is -1.59. The average molecular weight is 306 g/mol. The third kappa shape index (κ3) is 5.02. The quantitative estimate of drug-likeness (QED) is 0.809. The minimum atomic E-state index is 0.500. The summed E-state index contributed by atoms with van der Waals surface area (Å²) in [4.78, 5) is 5.64. The number of hydrogen-bond donors (Lipinski definition) is 1. The van der Waals surface area contributed by atoms with Gasteiger partial charge in [-0.15, -0.1) is 11.3 Å². The Morgan fingerprint density at radius 3 is 2.62 bits per heavy atom. The van der Waals surface area contributed by atoms with Crippen LogP contribution in [0.15, 0.2) is 30.5 Å². The molecule has 1 unspecified atom stereocenters. The molecule has 0 fully saturated rings. The molecule has 1 atom stereocenters. The number of thiazole rings is 1. The zero-order valence-corrected chi connectivity index (χ0v) is 13.6. The molecule has 4 nitrogen and oxygen atoms in total. The monoisotopic (exact) mass is 306 g/mol. The molecule has 0 aliphatic carbocycles. The molecule has 2 rings (SSSR count). The van der Waals surface area contributed by atoms with Crippen molar-refractivity contribution in [3.63, 3.8) is 0 Å². The minimum Gasteiger partial charge on any atom is -0.497 e. The standard InChI is InChI=1S/C16H22N2O2S/c1-4-12(2)17-9-15-10-18-16(21-15)11-20-14-7-5-13(19-3)6-8-14/h5-8,10,12,17H,4,9,11H2,1-3H3. The molecule has 21 heavy (non-hydrogen) atoms. The summed E-state index contributed by atoms with van der Waals surface area (Å²) < 4.78 is 10.8. The zero-order valence-electron chi connectivity index (χ0n) is 12.8. The Balaban J connectivity index is 1.81. The van der Waals surface area contributed by atoms with Crippen LogP contribution in [0.1, 0.15) is 30.2 Å². The first kappa shape index (κ1) is 15.8. The Morgan fingerprint density at radius 2 is 1.95 bits per heavy atom. The number of hydrogen-bond acceptors (Lipinski definition) is 5. The summed E-state index contributed by atoms with van der Waals surface area (Å²) in [7, 11) is 1.65. The van der Waals surface area contributed by atoms with Crippen LogP contribution in [0.4, 0.5) is 0 Å². The molecule has 0 amide bonds. The van der Waals surface area contributed by atoms with Crippen molar-refractivity contribution in [2.24, 2.45) is 0 Å². The van der Waals surface area contributed by atoms with Crippen molar-refractivity contribution in [3.05, 3.63) is 40.3 Å². The maximum atomic E-state index is 5.72. The molecule has 2 aromatic rings. The minimum absolute atomic E-state index is 0.500. The summed E-state index contributed by atoms with van der Waals surface area (Å²) in [5, 5.41) is 4.46. The molecule has 1 N–H and O–H groups in total. The van der Waals surface area contributed by atoms with Gasteiger partial charge in [-0.3, -0.25) is 0 Å². The van der Waals surface area contributed by atoms with Crippen LogP contribution in [0.5, 0.6) is 11.5 Å². The van der Waals surface area contributed by atoms with Crippen molar-refractivity contribution in [1.82, 2.24) is 10.3 Å². The third-order valence-corrected chi connectivity index (χ3v) is 4.23. The highest BCUT2D eigenvalue weighted by atomic mass is 32.1. The van der Waals surface area contributed by atoms with Crippen LogP contribution >= 0.6 is 11.3 Å². The first-order valence-corrected chi connectivity index (χ1v) is 7.96. The van der Waals surface area contributed by atoms with Crippen LogP contribution in [0.25, 0.3) is 0 Å². The number of nitrogens with zero attached hydrogens (tertiary/aromatic N) is 1. The Kier molecular flexibility index (Phi) is 6.02. The molecule has 0 aliphatic rings. The normalized spacial score (nSPS) is 12.1. The van der Waals surface area contributed by atoms with E-state index in [0.29, 0.717) is 12.6 Å². The predicted octanol–water partition coefficient (Wildman–Crippen LogP) is 3.62. The molecule has 0 radical (unpaired) electrons. The first-order valence-electron chi connectivity index (χ1n) is 7.15. The summed E-state index contributed by atoms with van der Waals surface area (Å²) in [5.74, 6) is 1.65. The highest BCUT2D eigenvalue weighted by Crippen LogP contribution is 2.20. The van der Waals surface area contributed by atoms with Crippen LogP contribution < -0.4 is 14.8 Å². The lowest BCUT2D eigenvalue weighted by Gasteiger charge is -2.08. The number of methoxy groups -OCH3 is 1. The lowest BCUT2D eigenvalue weighted by Crippen LogP contribution is -2.23. The zero-order chi connectivity index (χ0) is 15.1. The second kappa shape index (κ2) is 8.00. The van der Waals surface area contributed by atoms with Crippen molar-refractivity contribution < 1.29 is 9.47 Å². The van der Waals surface area contributed by atoms with Crippen LogP contribution in [0.3, 0.4) is 0 Å². The maximum Gasteiger partial charge on any atom is 0.140 e. The van der Waals surface area contributed by atoms with Gasteiger partial charge in [0, 0.05) is 23.7 Å². The van der Waals surface area contributed by atoms with Gasteiger partial charge in [-0.1, -0.05) is 6.92 Å². The summed E-state index contributed by atoms with van der Waals surface area (Å²) in [5.41, 5.74) is 0. The van der Waals surface area contributed by atoms with E-state index in [1.807, 2.05) is 30.5 Å². The van der Waals surface area contributed by atoms with Crippen molar-refractivity contribution in [2.45, 2.75) is 39.5 Å². The molecule has 5 heteroatoms. The fourth-order valence-corrected chi connectivity index (χ4v) is 2.52. The van der Waals surface area contributed by atoms with Gasteiger partial charge < -0.3 is 14.8 Å². The first-order chi connectivity index (χ1) is 10.2. The van der Waals surface area contributed by atoms with Gasteiger partial charge in [0.05, 0.1) is 7.11 Å². The fourth-order valence-electron chi connectivity index (χ4n) is 1.73.